The second-order valence-electron chi connectivity index (χ2n) is 5.78. The largest absolute Gasteiger partial charge is 0.393 e. The Morgan fingerprint density at radius 1 is 1.24 bits per heavy atom. The summed E-state index contributed by atoms with van der Waals surface area (Å²) in [5, 5.41) is 9.58. The summed E-state index contributed by atoms with van der Waals surface area (Å²) >= 11 is 0. The number of nitrogens with one attached hydrogen (secondary N) is 1. The summed E-state index contributed by atoms with van der Waals surface area (Å²) in [6.45, 7) is 0. The Labute approximate surface area is 102 Å². The molecular weight excluding hydrogens is 212 g/mol. The number of hydrogen-bond donors (Lipinski definition) is 3. The van der Waals surface area contributed by atoms with Gasteiger partial charge in [0.2, 0.25) is 0 Å². The van der Waals surface area contributed by atoms with Gasteiger partial charge in [-0.25, -0.2) is 0 Å². The fourth-order valence-corrected chi connectivity index (χ4v) is 3.26. The van der Waals surface area contributed by atoms with E-state index in [1.165, 1.54) is 42.6 Å². The molecule has 0 unspecified atom stereocenters. The molecular formula is C14H22N2O. The van der Waals surface area contributed by atoms with Gasteiger partial charge in [0.1, 0.15) is 0 Å². The minimum atomic E-state index is -0.226. The van der Waals surface area contributed by atoms with Gasteiger partial charge in [0.05, 0.1) is 11.6 Å². The molecule has 2 aliphatic carbocycles. The van der Waals surface area contributed by atoms with Crippen molar-refractivity contribution in [3.05, 3.63) is 23.0 Å². The van der Waals surface area contributed by atoms with Crippen LogP contribution in [0.1, 0.15) is 55.5 Å². The van der Waals surface area contributed by atoms with Gasteiger partial charge in [0.25, 0.3) is 0 Å². The molecule has 1 saturated carbocycles. The smallest absolute Gasteiger partial charge is 0.0563 e. The summed E-state index contributed by atoms with van der Waals surface area (Å²) in [5.74, 6) is 0. The summed E-state index contributed by atoms with van der Waals surface area (Å²) < 4.78 is 0. The minimum Gasteiger partial charge on any atom is -0.393 e. The third-order valence-electron chi connectivity index (χ3n) is 4.50. The quantitative estimate of drug-likeness (QED) is 0.696. The Balaban J connectivity index is 1.85. The van der Waals surface area contributed by atoms with Gasteiger partial charge in [0, 0.05) is 11.4 Å². The molecule has 0 atom stereocenters. The molecule has 4 N–H and O–H groups in total. The van der Waals surface area contributed by atoms with E-state index in [0.717, 1.165) is 25.7 Å². The van der Waals surface area contributed by atoms with E-state index in [1.54, 1.807) is 0 Å². The van der Waals surface area contributed by atoms with Crippen molar-refractivity contribution in [3.8, 4) is 0 Å². The van der Waals surface area contributed by atoms with Gasteiger partial charge in [-0.1, -0.05) is 0 Å². The van der Waals surface area contributed by atoms with E-state index >= 15 is 0 Å². The van der Waals surface area contributed by atoms with Crippen LogP contribution in [0.3, 0.4) is 0 Å². The Morgan fingerprint density at radius 2 is 1.94 bits per heavy atom. The molecule has 1 fully saturated rings. The van der Waals surface area contributed by atoms with Crippen molar-refractivity contribution in [2.75, 3.05) is 0 Å². The van der Waals surface area contributed by atoms with Gasteiger partial charge in [-0.3, -0.25) is 0 Å². The highest BCUT2D eigenvalue weighted by Crippen LogP contribution is 2.36. The molecule has 0 saturated heterocycles. The first-order valence-electron chi connectivity index (χ1n) is 6.85. The second-order valence-corrected chi connectivity index (χ2v) is 5.78. The first-order valence-corrected chi connectivity index (χ1v) is 6.85. The van der Waals surface area contributed by atoms with Gasteiger partial charge >= 0.3 is 0 Å². The molecule has 3 heteroatoms. The van der Waals surface area contributed by atoms with Gasteiger partial charge in [0.15, 0.2) is 0 Å². The van der Waals surface area contributed by atoms with Crippen LogP contribution < -0.4 is 5.73 Å². The van der Waals surface area contributed by atoms with Crippen molar-refractivity contribution < 1.29 is 5.11 Å². The Kier molecular flexibility index (Phi) is 2.75. The van der Waals surface area contributed by atoms with E-state index in [2.05, 4.69) is 11.1 Å². The van der Waals surface area contributed by atoms with Crippen molar-refractivity contribution >= 4 is 0 Å². The molecule has 1 aromatic heterocycles. The van der Waals surface area contributed by atoms with Gasteiger partial charge in [-0.2, -0.15) is 0 Å². The molecule has 0 radical (unpaired) electrons. The number of aliphatic hydroxyl groups excluding tert-OH is 1. The van der Waals surface area contributed by atoms with Crippen LogP contribution in [0.4, 0.5) is 0 Å². The van der Waals surface area contributed by atoms with E-state index in [9.17, 15) is 5.11 Å². The lowest BCUT2D eigenvalue weighted by Gasteiger charge is -2.34. The summed E-state index contributed by atoms with van der Waals surface area (Å²) in [4.78, 5) is 3.55. The molecule has 1 aromatic rings. The zero-order valence-corrected chi connectivity index (χ0v) is 10.3. The Hall–Kier alpha value is -0.800. The highest BCUT2D eigenvalue weighted by Gasteiger charge is 2.34. The van der Waals surface area contributed by atoms with Crippen LogP contribution in [0.5, 0.6) is 0 Å². The first-order chi connectivity index (χ1) is 8.17. The van der Waals surface area contributed by atoms with E-state index in [0.29, 0.717) is 0 Å². The zero-order valence-electron chi connectivity index (χ0n) is 10.3. The summed E-state index contributed by atoms with van der Waals surface area (Å²) in [7, 11) is 0. The number of hydrogen-bond acceptors (Lipinski definition) is 2. The fourth-order valence-electron chi connectivity index (χ4n) is 3.26. The maximum Gasteiger partial charge on any atom is 0.0563 e. The Morgan fingerprint density at radius 3 is 2.65 bits per heavy atom. The lowest BCUT2D eigenvalue weighted by molar-refractivity contribution is 0.0957. The molecule has 0 aromatic carbocycles. The monoisotopic (exact) mass is 234 g/mol. The Bertz CT molecular complexity index is 379. The fraction of sp³-hybridized carbons (Fsp3) is 0.714. The third-order valence-corrected chi connectivity index (χ3v) is 4.50. The minimum absolute atomic E-state index is 0.142. The third kappa shape index (κ3) is 2.02. The lowest BCUT2D eigenvalue weighted by atomic mass is 9.79. The van der Waals surface area contributed by atoms with Crippen LogP contribution in [0.25, 0.3) is 0 Å². The van der Waals surface area contributed by atoms with Crippen molar-refractivity contribution in [1.82, 2.24) is 4.98 Å². The van der Waals surface area contributed by atoms with Crippen molar-refractivity contribution in [2.24, 2.45) is 5.73 Å². The molecule has 0 aliphatic heterocycles. The zero-order chi connectivity index (χ0) is 11.9. The number of rotatable bonds is 1. The predicted octanol–water partition coefficient (Wildman–Crippen LogP) is 1.98. The molecule has 0 amide bonds. The topological polar surface area (TPSA) is 62.0 Å². The van der Waals surface area contributed by atoms with E-state index in [-0.39, 0.29) is 11.6 Å². The van der Waals surface area contributed by atoms with Crippen LogP contribution in [-0.4, -0.2) is 16.2 Å². The molecule has 0 spiro atoms. The number of nitrogens with two attached hydrogens (primary N) is 1. The maximum atomic E-state index is 9.58. The van der Waals surface area contributed by atoms with Crippen LogP contribution in [0, 0.1) is 0 Å². The molecule has 1 heterocycles. The average Bonchev–Trinajstić information content (AvgIpc) is 2.77. The van der Waals surface area contributed by atoms with E-state index in [1.807, 2.05) is 0 Å². The highest BCUT2D eigenvalue weighted by molar-refractivity contribution is 5.32. The number of aromatic nitrogens is 1. The maximum absolute atomic E-state index is 9.58. The molecule has 94 valence electrons. The predicted molar refractivity (Wildman–Crippen MR) is 67.8 cm³/mol. The molecule has 17 heavy (non-hydrogen) atoms. The van der Waals surface area contributed by atoms with Crippen LogP contribution in [-0.2, 0) is 18.4 Å². The van der Waals surface area contributed by atoms with Crippen molar-refractivity contribution in [2.45, 2.75) is 63.0 Å². The van der Waals surface area contributed by atoms with E-state index in [4.69, 9.17) is 5.73 Å². The molecule has 3 nitrogen and oxygen atoms in total. The number of fused-ring (bicyclic) bond motifs is 1. The van der Waals surface area contributed by atoms with Crippen molar-refractivity contribution in [1.29, 1.82) is 0 Å². The first kappa shape index (κ1) is 11.3. The highest BCUT2D eigenvalue weighted by atomic mass is 16.3. The standard InChI is InChI=1S/C14H22N2O/c15-14(7-5-11(17)6-8-14)13-9-10-3-1-2-4-12(10)16-13/h9,11,16-17H,1-8,15H2. The van der Waals surface area contributed by atoms with Crippen LogP contribution in [0.2, 0.25) is 0 Å². The summed E-state index contributed by atoms with van der Waals surface area (Å²) in [5.41, 5.74) is 10.4. The average molecular weight is 234 g/mol. The summed E-state index contributed by atoms with van der Waals surface area (Å²) in [6.07, 6.45) is 8.29. The number of aromatic amines is 1. The summed E-state index contributed by atoms with van der Waals surface area (Å²) in [6, 6.07) is 2.28. The van der Waals surface area contributed by atoms with Crippen LogP contribution >= 0.6 is 0 Å². The number of aryl methyl sites for hydroxylation is 2. The normalized spacial score (nSPS) is 33.4. The van der Waals surface area contributed by atoms with Gasteiger partial charge < -0.3 is 15.8 Å². The van der Waals surface area contributed by atoms with Gasteiger partial charge in [-0.05, 0) is 63.0 Å². The molecule has 3 rings (SSSR count). The molecule has 0 bridgehead atoms. The van der Waals surface area contributed by atoms with Crippen molar-refractivity contribution in [3.63, 3.8) is 0 Å². The molecule has 2 aliphatic rings. The second kappa shape index (κ2) is 4.14. The SMILES string of the molecule is NC1(c2cc3c([nH]2)CCCC3)CCC(O)CC1. The number of H-pyrrole nitrogens is 1. The van der Waals surface area contributed by atoms with E-state index < -0.39 is 0 Å². The van der Waals surface area contributed by atoms with Crippen LogP contribution in [0.15, 0.2) is 6.07 Å². The number of aliphatic hydroxyl groups is 1. The lowest BCUT2D eigenvalue weighted by Crippen LogP contribution is -2.41. The van der Waals surface area contributed by atoms with Gasteiger partial charge in [-0.15, -0.1) is 0 Å².